The monoisotopic (exact) mass is 1420 g/mol. The van der Waals surface area contributed by atoms with Crippen LogP contribution in [0.3, 0.4) is 0 Å². The summed E-state index contributed by atoms with van der Waals surface area (Å²) >= 11 is 0. The minimum Gasteiger partial charge on any atom is -0.353 e. The third-order valence-corrected chi connectivity index (χ3v) is 22.7. The number of fused-ring (bicyclic) bond motifs is 8. The average molecular weight is 1430 g/mol. The SMILES string of the molecule is Cc1cc(C)c(-c2c3[nH]c(c2S(=O)(=O)O)C(S(=O)(=O)O)=c2c(S(=O)(=O)O)c(S(=O)(=O)O)c(n2S(=O)(=O)O)=C(S(=O)(=O)O)c2ccc([nH]2)C(S(=O)(=O)O)=c2c(-c4c(C)cc(C)cc4C)c(-c4c(C)cc(C)cc4C)c(n2-c2c(C)cc(C)cc2C)=C3S(=O)(=O)O)c(C)c1. The highest BCUT2D eigenvalue weighted by Gasteiger charge is 2.46. The van der Waals surface area contributed by atoms with E-state index in [9.17, 15) is 86.9 Å². The summed E-state index contributed by atoms with van der Waals surface area (Å²) in [7, 11) is -54.4. The molecule has 1 aliphatic heterocycles. The molecule has 8 bridgehead atoms. The Bertz CT molecular complexity index is 5900. The van der Waals surface area contributed by atoms with Gasteiger partial charge < -0.3 is 14.5 Å². The molecule has 4 aromatic heterocycles. The van der Waals surface area contributed by atoms with E-state index in [0.29, 0.717) is 34.4 Å². The number of nitrogens with zero attached hydrogens (tertiary/aromatic N) is 2. The zero-order chi connectivity index (χ0) is 69.3. The number of hydrogen-bond donors (Lipinski definition) is 10. The van der Waals surface area contributed by atoms with E-state index in [2.05, 4.69) is 9.97 Å². The summed E-state index contributed by atoms with van der Waals surface area (Å²) in [5, 5.41) is -7.36. The minimum atomic E-state index is -7.13. The van der Waals surface area contributed by atoms with E-state index in [1.807, 2.05) is 0 Å². The van der Waals surface area contributed by atoms with Crippen molar-refractivity contribution in [3.8, 4) is 39.1 Å². The van der Waals surface area contributed by atoms with Crippen LogP contribution in [-0.4, -0.2) is 122 Å². The Kier molecular flexibility index (Phi) is 16.7. The topological polar surface area (TPSA) is 476 Å². The molecule has 10 N–H and O–H groups in total. The first-order valence-electron chi connectivity index (χ1n) is 26.4. The molecule has 92 heavy (non-hydrogen) atoms. The summed E-state index contributed by atoms with van der Waals surface area (Å²) in [5.41, 5.74) is -6.88. The van der Waals surface area contributed by atoms with Crippen molar-refractivity contribution in [2.75, 3.05) is 0 Å². The quantitative estimate of drug-likeness (QED) is 0.0752. The molecule has 0 atom stereocenters. The van der Waals surface area contributed by atoms with Crippen LogP contribution in [0.15, 0.2) is 75.4 Å². The minimum absolute atomic E-state index is 0.0138. The summed E-state index contributed by atoms with van der Waals surface area (Å²) in [6, 6.07) is 12.9. The Morgan fingerprint density at radius 2 is 0.565 bits per heavy atom. The normalized spacial score (nSPS) is 14.0. The van der Waals surface area contributed by atoms with Crippen LogP contribution >= 0.6 is 0 Å². The molecular weight excluding hydrogens is 1370 g/mol. The van der Waals surface area contributed by atoms with E-state index in [4.69, 9.17) is 0 Å². The van der Waals surface area contributed by atoms with Crippen molar-refractivity contribution in [2.45, 2.75) is 97.8 Å². The van der Waals surface area contributed by atoms with Gasteiger partial charge in [0.1, 0.15) is 45.0 Å². The lowest BCUT2D eigenvalue weighted by Gasteiger charge is -2.19. The van der Waals surface area contributed by atoms with Gasteiger partial charge >= 0.3 is 10.3 Å². The second-order valence-corrected chi connectivity index (χ2v) is 33.2. The van der Waals surface area contributed by atoms with Crippen LogP contribution in [0.4, 0.5) is 0 Å². The summed E-state index contributed by atoms with van der Waals surface area (Å²) < 4.78 is 327. The van der Waals surface area contributed by atoms with Crippen molar-refractivity contribution in [1.29, 1.82) is 0 Å². The molecule has 0 saturated carbocycles. The molecule has 28 nitrogen and oxygen atoms in total. The lowest BCUT2D eigenvalue weighted by atomic mass is 9.86. The molecule has 8 aromatic rings. The zero-order valence-corrected chi connectivity index (χ0v) is 56.6. The summed E-state index contributed by atoms with van der Waals surface area (Å²) in [6.07, 6.45) is 0. The number of hydrogen-bond acceptors (Lipinski definition) is 16. The highest BCUT2D eigenvalue weighted by Crippen LogP contribution is 2.46. The third kappa shape index (κ3) is 11.7. The van der Waals surface area contributed by atoms with Crippen molar-refractivity contribution >= 4 is 101 Å². The van der Waals surface area contributed by atoms with Gasteiger partial charge in [0.05, 0.1) is 39.2 Å². The number of benzene rings is 4. The molecule has 36 heteroatoms. The van der Waals surface area contributed by atoms with Crippen molar-refractivity contribution in [2.24, 2.45) is 0 Å². The number of nitrogens with one attached hydrogen (secondary N) is 2. The molecule has 0 spiro atoms. The number of aryl methyl sites for hydroxylation is 12. The lowest BCUT2D eigenvalue weighted by Crippen LogP contribution is -2.39. The van der Waals surface area contributed by atoms with E-state index in [1.165, 1.54) is 86.6 Å². The van der Waals surface area contributed by atoms with Crippen LogP contribution in [0.2, 0.25) is 0 Å². The van der Waals surface area contributed by atoms with Gasteiger partial charge in [-0.1, -0.05) is 70.8 Å². The second kappa shape index (κ2) is 22.2. The highest BCUT2D eigenvalue weighted by atomic mass is 32.3. The molecule has 0 saturated heterocycles. The maximum atomic E-state index is 15.8. The molecular formula is C56H56N4O24S8. The maximum Gasteiger partial charge on any atom is 0.364 e. The largest absolute Gasteiger partial charge is 0.364 e. The Labute approximate surface area is 527 Å². The fraction of sp³-hybridized carbons (Fsp3) is 0.214. The van der Waals surface area contributed by atoms with Gasteiger partial charge in [-0.05, 0) is 156 Å². The summed E-state index contributed by atoms with van der Waals surface area (Å²) in [4.78, 5) is -12.0. The van der Waals surface area contributed by atoms with Crippen molar-refractivity contribution in [1.82, 2.24) is 18.5 Å². The molecule has 0 fully saturated rings. The standard InChI is InChI=1S/C56H56N4O24S8/c1-23-15-27(5)37(28(6)16-23)40-41(38-29(7)17-24(2)18-30(38)8)47-53(88(70,71)72)43-42(39-31(9)19-25(3)20-32(39)10)52(87(67,68)69)44(58-43)54(89(73,74)75)49-56(91(79,80)81)55(90(76,77)78)48(60(49)92(82,83)84)51(86(64,65)66)36-14-13-35(57-36)50(85(61,62)63)46(40)59(47)45-33(11)21-26(4)22-34(45)12/h13-22,57-58H,1-12H3,(H,61,62,63)(H,64,65,66)(H,67,68,69)(H,70,71,72)(H,73,74,75)(H,76,77,78)(H,79,80,81)(H,82,83,84). The number of aromatic amines is 2. The number of aromatic nitrogens is 4. The van der Waals surface area contributed by atoms with E-state index < -0.39 is 186 Å². The Balaban J connectivity index is 2.03. The van der Waals surface area contributed by atoms with E-state index in [1.54, 1.807) is 45.0 Å². The first kappa shape index (κ1) is 69.1. The van der Waals surface area contributed by atoms with Crippen molar-refractivity contribution < 1.29 is 104 Å². The first-order chi connectivity index (χ1) is 41.7. The highest BCUT2D eigenvalue weighted by molar-refractivity contribution is 7.96. The predicted molar refractivity (Wildman–Crippen MR) is 336 cm³/mol. The van der Waals surface area contributed by atoms with Crippen molar-refractivity contribution in [3.05, 3.63) is 172 Å². The zero-order valence-electron chi connectivity index (χ0n) is 50.0. The lowest BCUT2D eigenvalue weighted by molar-refractivity contribution is 0.466. The van der Waals surface area contributed by atoms with Gasteiger partial charge in [-0.15, -0.1) is 0 Å². The molecule has 0 aliphatic carbocycles. The average Bonchev–Trinajstić information content (AvgIpc) is 1.53. The fourth-order valence-corrected chi connectivity index (χ4v) is 20.7. The Hall–Kier alpha value is -7.24. The Morgan fingerprint density at radius 3 is 0.870 bits per heavy atom. The van der Waals surface area contributed by atoms with Crippen LogP contribution < -0.4 is 21.4 Å². The Morgan fingerprint density at radius 1 is 0.293 bits per heavy atom. The molecule has 1 aliphatic rings. The predicted octanol–water partition coefficient (Wildman–Crippen LogP) is 4.52. The number of H-pyrrole nitrogens is 2. The van der Waals surface area contributed by atoms with E-state index >= 15 is 16.8 Å². The summed E-state index contributed by atoms with van der Waals surface area (Å²) in [6.45, 7) is 17.9. The van der Waals surface area contributed by atoms with Crippen LogP contribution in [0, 0.1) is 83.1 Å². The van der Waals surface area contributed by atoms with Gasteiger partial charge in [0.25, 0.3) is 70.8 Å². The van der Waals surface area contributed by atoms with E-state index in [0.717, 1.165) is 4.57 Å². The van der Waals surface area contributed by atoms with Crippen LogP contribution in [0.25, 0.3) is 58.7 Å². The fourth-order valence-electron chi connectivity index (χ4n) is 13.1. The molecule has 0 radical (unpaired) electrons. The van der Waals surface area contributed by atoms with Gasteiger partial charge in [-0.3, -0.25) is 36.4 Å². The molecule has 9 rings (SSSR count). The van der Waals surface area contributed by atoms with Crippen LogP contribution in [-0.2, 0) is 81.1 Å². The second-order valence-electron chi connectivity index (χ2n) is 22.5. The van der Waals surface area contributed by atoms with Gasteiger partial charge in [-0.2, -0.15) is 67.3 Å². The van der Waals surface area contributed by atoms with Gasteiger partial charge in [0.2, 0.25) is 0 Å². The first-order valence-corrected chi connectivity index (χ1v) is 37.9. The van der Waals surface area contributed by atoms with Crippen LogP contribution in [0.5, 0.6) is 0 Å². The van der Waals surface area contributed by atoms with Crippen LogP contribution in [0.1, 0.15) is 89.5 Å². The molecule has 492 valence electrons. The molecule has 5 heterocycles. The molecule has 0 amide bonds. The van der Waals surface area contributed by atoms with E-state index in [-0.39, 0.29) is 61.3 Å². The van der Waals surface area contributed by atoms with Gasteiger partial charge in [0.15, 0.2) is 0 Å². The molecule has 4 aromatic carbocycles. The van der Waals surface area contributed by atoms with Gasteiger partial charge in [-0.25, -0.2) is 3.97 Å². The maximum absolute atomic E-state index is 15.8. The smallest absolute Gasteiger partial charge is 0.353 e. The van der Waals surface area contributed by atoms with Crippen molar-refractivity contribution in [3.63, 3.8) is 0 Å². The van der Waals surface area contributed by atoms with Gasteiger partial charge in [0, 0.05) is 16.7 Å². The summed E-state index contributed by atoms with van der Waals surface area (Å²) in [5.74, 6) is 0. The third-order valence-electron chi connectivity index (χ3n) is 15.3. The number of rotatable bonds is 12. The molecule has 0 unspecified atom stereocenters.